The van der Waals surface area contributed by atoms with Gasteiger partial charge in [0.05, 0.1) is 12.7 Å². The molecule has 0 bridgehead atoms. The second-order valence-corrected chi connectivity index (χ2v) is 4.05. The molecule has 0 saturated heterocycles. The summed E-state index contributed by atoms with van der Waals surface area (Å²) in [5, 5.41) is 8.84. The Morgan fingerprint density at radius 2 is 2.18 bits per heavy atom. The van der Waals surface area contributed by atoms with E-state index in [0.717, 1.165) is 7.11 Å². The molecule has 17 heavy (non-hydrogen) atoms. The van der Waals surface area contributed by atoms with Crippen molar-refractivity contribution >= 4 is 28.6 Å². The molecular weight excluding hydrogens is 347 g/mol. The molecule has 1 aromatic carbocycles. The Kier molecular flexibility index (Phi) is 4.62. The smallest absolute Gasteiger partial charge is 0.387 e. The van der Waals surface area contributed by atoms with Crippen LogP contribution >= 0.6 is 22.6 Å². The summed E-state index contributed by atoms with van der Waals surface area (Å²) in [6.45, 7) is -3.08. The Hall–Kier alpha value is -1.43. The van der Waals surface area contributed by atoms with E-state index in [1.165, 1.54) is 12.1 Å². The molecule has 0 amide bonds. The number of alkyl halides is 2. The Labute approximate surface area is 109 Å². The van der Waals surface area contributed by atoms with Crippen LogP contribution in [0.1, 0.15) is 15.9 Å². The highest BCUT2D eigenvalue weighted by Crippen LogP contribution is 2.27. The van der Waals surface area contributed by atoms with E-state index in [1.807, 2.05) is 22.6 Å². The number of nitrogens with zero attached hydrogens (tertiary/aromatic N) is 1. The highest BCUT2D eigenvalue weighted by atomic mass is 127. The van der Waals surface area contributed by atoms with E-state index in [4.69, 9.17) is 5.26 Å². The number of methoxy groups -OCH3 is 1. The minimum Gasteiger partial charge on any atom is -0.465 e. The van der Waals surface area contributed by atoms with Crippen molar-refractivity contribution in [2.24, 2.45) is 0 Å². The van der Waals surface area contributed by atoms with Crippen molar-refractivity contribution in [1.82, 2.24) is 0 Å². The van der Waals surface area contributed by atoms with Gasteiger partial charge in [0, 0.05) is 3.57 Å². The van der Waals surface area contributed by atoms with Crippen LogP contribution in [-0.2, 0) is 4.74 Å². The predicted molar refractivity (Wildman–Crippen MR) is 61.8 cm³/mol. The second kappa shape index (κ2) is 5.77. The first-order chi connectivity index (χ1) is 7.99. The predicted octanol–water partition coefficient (Wildman–Crippen LogP) is 2.55. The highest BCUT2D eigenvalue weighted by molar-refractivity contribution is 14.1. The summed E-state index contributed by atoms with van der Waals surface area (Å²) >= 11 is 1.83. The summed E-state index contributed by atoms with van der Waals surface area (Å²) in [5.74, 6) is -1.26. The number of halogens is 3. The average molecular weight is 353 g/mol. The maximum absolute atomic E-state index is 12.2. The number of hydrogen-bond acceptors (Lipinski definition) is 4. The number of carbonyl (C=O) groups excluding carboxylic acids is 1. The Bertz CT molecular complexity index is 485. The number of nitriles is 1. The molecule has 0 radical (unpaired) electrons. The minimum atomic E-state index is -3.08. The third-order valence-electron chi connectivity index (χ3n) is 1.79. The number of ether oxygens (including phenoxy) is 2. The SMILES string of the molecule is COC(=O)c1c(C#N)cc(I)cc1OC(F)F. The van der Waals surface area contributed by atoms with Crippen molar-refractivity contribution in [3.8, 4) is 11.8 Å². The normalized spacial score (nSPS) is 9.88. The van der Waals surface area contributed by atoms with Gasteiger partial charge >= 0.3 is 12.6 Å². The molecule has 4 nitrogen and oxygen atoms in total. The third-order valence-corrected chi connectivity index (χ3v) is 2.42. The average Bonchev–Trinajstić information content (AvgIpc) is 2.26. The summed E-state index contributed by atoms with van der Waals surface area (Å²) in [4.78, 5) is 11.4. The summed E-state index contributed by atoms with van der Waals surface area (Å²) < 4.78 is 33.5. The van der Waals surface area contributed by atoms with Crippen molar-refractivity contribution < 1.29 is 23.0 Å². The molecule has 0 fully saturated rings. The Morgan fingerprint density at radius 3 is 2.65 bits per heavy atom. The van der Waals surface area contributed by atoms with Gasteiger partial charge in [0.1, 0.15) is 17.4 Å². The van der Waals surface area contributed by atoms with Gasteiger partial charge in [0.25, 0.3) is 0 Å². The molecule has 7 heteroatoms. The molecule has 1 aromatic rings. The molecule has 0 aliphatic rings. The van der Waals surface area contributed by atoms with Crippen molar-refractivity contribution in [1.29, 1.82) is 5.26 Å². The second-order valence-electron chi connectivity index (χ2n) is 2.81. The van der Waals surface area contributed by atoms with Crippen LogP contribution in [0.5, 0.6) is 5.75 Å². The van der Waals surface area contributed by atoms with Crippen molar-refractivity contribution in [2.45, 2.75) is 6.61 Å². The van der Waals surface area contributed by atoms with Crippen molar-refractivity contribution in [2.75, 3.05) is 7.11 Å². The molecule has 0 atom stereocenters. The zero-order valence-corrected chi connectivity index (χ0v) is 10.7. The standard InChI is InChI=1S/C10H6F2INO3/c1-16-9(15)8-5(4-14)2-6(13)3-7(8)17-10(11)12/h2-3,10H,1H3. The van der Waals surface area contributed by atoms with Crippen LogP contribution in [0.15, 0.2) is 12.1 Å². The number of benzene rings is 1. The van der Waals surface area contributed by atoms with Crippen LogP contribution in [0.2, 0.25) is 0 Å². The highest BCUT2D eigenvalue weighted by Gasteiger charge is 2.21. The molecule has 0 aliphatic carbocycles. The van der Waals surface area contributed by atoms with Gasteiger partial charge in [-0.25, -0.2) is 4.79 Å². The zero-order chi connectivity index (χ0) is 13.0. The molecule has 0 N–H and O–H groups in total. The van der Waals surface area contributed by atoms with Crippen LogP contribution in [0, 0.1) is 14.9 Å². The van der Waals surface area contributed by atoms with E-state index in [1.54, 1.807) is 6.07 Å². The fourth-order valence-electron chi connectivity index (χ4n) is 1.17. The maximum Gasteiger partial charge on any atom is 0.387 e. The number of esters is 1. The monoisotopic (exact) mass is 353 g/mol. The minimum absolute atomic E-state index is 0.0700. The van der Waals surface area contributed by atoms with Crippen LogP contribution in [0.4, 0.5) is 8.78 Å². The van der Waals surface area contributed by atoms with Crippen LogP contribution in [-0.4, -0.2) is 19.7 Å². The lowest BCUT2D eigenvalue weighted by atomic mass is 10.1. The molecule has 0 spiro atoms. The van der Waals surface area contributed by atoms with E-state index in [0.29, 0.717) is 3.57 Å². The van der Waals surface area contributed by atoms with Crippen molar-refractivity contribution in [3.05, 3.63) is 26.8 Å². The van der Waals surface area contributed by atoms with Gasteiger partial charge in [-0.1, -0.05) is 0 Å². The Morgan fingerprint density at radius 1 is 1.53 bits per heavy atom. The van der Waals surface area contributed by atoms with Gasteiger partial charge in [0.2, 0.25) is 0 Å². The first kappa shape index (κ1) is 13.6. The summed E-state index contributed by atoms with van der Waals surface area (Å²) in [7, 11) is 1.09. The lowest BCUT2D eigenvalue weighted by Crippen LogP contribution is -2.11. The molecule has 0 aliphatic heterocycles. The van der Waals surface area contributed by atoms with E-state index in [9.17, 15) is 13.6 Å². The lowest BCUT2D eigenvalue weighted by Gasteiger charge is -2.11. The first-order valence-corrected chi connectivity index (χ1v) is 5.34. The molecule has 0 aromatic heterocycles. The van der Waals surface area contributed by atoms with Gasteiger partial charge in [-0.3, -0.25) is 0 Å². The lowest BCUT2D eigenvalue weighted by molar-refractivity contribution is -0.0504. The van der Waals surface area contributed by atoms with Gasteiger partial charge in [-0.2, -0.15) is 14.0 Å². The third kappa shape index (κ3) is 3.26. The molecule has 0 unspecified atom stereocenters. The van der Waals surface area contributed by atoms with Gasteiger partial charge in [-0.15, -0.1) is 0 Å². The quantitative estimate of drug-likeness (QED) is 0.619. The molecule has 0 saturated carbocycles. The molecule has 0 heterocycles. The van der Waals surface area contributed by atoms with Crippen molar-refractivity contribution in [3.63, 3.8) is 0 Å². The summed E-state index contributed by atoms with van der Waals surface area (Å²) in [6.07, 6.45) is 0. The molecule has 1 rings (SSSR count). The van der Waals surface area contributed by atoms with Crippen LogP contribution < -0.4 is 4.74 Å². The molecule has 90 valence electrons. The van der Waals surface area contributed by atoms with Crippen LogP contribution in [0.25, 0.3) is 0 Å². The summed E-state index contributed by atoms with van der Waals surface area (Å²) in [6, 6.07) is 4.35. The van der Waals surface area contributed by atoms with E-state index in [2.05, 4.69) is 9.47 Å². The van der Waals surface area contributed by atoms with E-state index >= 15 is 0 Å². The number of carbonyl (C=O) groups is 1. The zero-order valence-electron chi connectivity index (χ0n) is 8.54. The van der Waals surface area contributed by atoms with Gasteiger partial charge in [0.15, 0.2) is 0 Å². The topological polar surface area (TPSA) is 59.3 Å². The van der Waals surface area contributed by atoms with E-state index in [-0.39, 0.29) is 16.9 Å². The maximum atomic E-state index is 12.2. The Balaban J connectivity index is 3.39. The van der Waals surface area contributed by atoms with Crippen LogP contribution in [0.3, 0.4) is 0 Å². The fourth-order valence-corrected chi connectivity index (χ4v) is 1.77. The number of rotatable bonds is 3. The fraction of sp³-hybridized carbons (Fsp3) is 0.200. The summed E-state index contributed by atoms with van der Waals surface area (Å²) in [5.41, 5.74) is -0.366. The first-order valence-electron chi connectivity index (χ1n) is 4.26. The number of hydrogen-bond donors (Lipinski definition) is 0. The molecular formula is C10H6F2INO3. The van der Waals surface area contributed by atoms with E-state index < -0.39 is 12.6 Å². The van der Waals surface area contributed by atoms with Gasteiger partial charge < -0.3 is 9.47 Å². The van der Waals surface area contributed by atoms with Gasteiger partial charge in [-0.05, 0) is 34.7 Å². The largest absolute Gasteiger partial charge is 0.465 e.